The van der Waals surface area contributed by atoms with Gasteiger partial charge in [0.2, 0.25) is 15.9 Å². The van der Waals surface area contributed by atoms with Crippen molar-refractivity contribution in [2.45, 2.75) is 29.0 Å². The second-order valence-corrected chi connectivity index (χ2v) is 13.1. The van der Waals surface area contributed by atoms with Crippen molar-refractivity contribution in [3.8, 4) is 0 Å². The molecule has 42 heavy (non-hydrogen) atoms. The third-order valence-electron chi connectivity index (χ3n) is 7.01. The molecule has 0 fully saturated rings. The number of nitrogens with one attached hydrogen (secondary N) is 1. The Kier molecular flexibility index (Phi) is 7.58. The molecule has 3 N–H and O–H groups in total. The Morgan fingerprint density at radius 2 is 1.71 bits per heavy atom. The van der Waals surface area contributed by atoms with E-state index in [2.05, 4.69) is 34.6 Å². The molecule has 2 amide bonds. The number of rotatable bonds is 6. The number of amidine groups is 1. The summed E-state index contributed by atoms with van der Waals surface area (Å²) in [6, 6.07) is 27.1. The molecule has 12 heteroatoms. The SMILES string of the molecule is NS(=O)(=O)c1ccc(NC(=O)CC2SC(N3N=C(c4ccc5ccccc5c4)CC3c3ccc(Cl)cc3)=NC2=O)cc1. The van der Waals surface area contributed by atoms with E-state index in [1.165, 1.54) is 36.0 Å². The van der Waals surface area contributed by atoms with Crippen LogP contribution >= 0.6 is 23.4 Å². The second kappa shape index (κ2) is 11.3. The largest absolute Gasteiger partial charge is 0.326 e. The summed E-state index contributed by atoms with van der Waals surface area (Å²) in [6.45, 7) is 0. The van der Waals surface area contributed by atoms with Gasteiger partial charge >= 0.3 is 0 Å². The first-order valence-corrected chi connectivity index (χ1v) is 15.8. The first kappa shape index (κ1) is 28.1. The second-order valence-electron chi connectivity index (χ2n) is 9.89. The van der Waals surface area contributed by atoms with Gasteiger partial charge in [-0.2, -0.15) is 10.1 Å². The molecule has 2 unspecified atom stereocenters. The third kappa shape index (κ3) is 5.95. The number of nitrogens with two attached hydrogens (primary N) is 1. The number of sulfonamides is 1. The Balaban J connectivity index is 1.21. The molecule has 6 rings (SSSR count). The molecule has 0 saturated heterocycles. The fraction of sp³-hybridized carbons (Fsp3) is 0.133. The maximum absolute atomic E-state index is 12.9. The summed E-state index contributed by atoms with van der Waals surface area (Å²) in [4.78, 5) is 29.9. The summed E-state index contributed by atoms with van der Waals surface area (Å²) in [5, 5.41) is 17.1. The summed E-state index contributed by atoms with van der Waals surface area (Å²) >= 11 is 7.35. The van der Waals surface area contributed by atoms with E-state index in [4.69, 9.17) is 21.8 Å². The summed E-state index contributed by atoms with van der Waals surface area (Å²) < 4.78 is 22.9. The Hall–Kier alpha value is -4.03. The van der Waals surface area contributed by atoms with E-state index in [0.717, 1.165) is 27.6 Å². The monoisotopic (exact) mass is 617 g/mol. The molecule has 2 heterocycles. The number of thioether (sulfide) groups is 1. The van der Waals surface area contributed by atoms with Crippen LogP contribution in [-0.4, -0.2) is 41.4 Å². The molecule has 0 radical (unpaired) electrons. The number of hydrogen-bond donors (Lipinski definition) is 2. The fourth-order valence-electron chi connectivity index (χ4n) is 4.89. The van der Waals surface area contributed by atoms with Crippen LogP contribution in [0.15, 0.2) is 106 Å². The number of hydrazone groups is 1. The van der Waals surface area contributed by atoms with E-state index in [9.17, 15) is 18.0 Å². The summed E-state index contributed by atoms with van der Waals surface area (Å²) in [7, 11) is -3.84. The van der Waals surface area contributed by atoms with Gasteiger partial charge < -0.3 is 5.32 Å². The van der Waals surface area contributed by atoms with Crippen molar-refractivity contribution in [2.75, 3.05) is 5.32 Å². The van der Waals surface area contributed by atoms with Crippen LogP contribution in [0, 0.1) is 0 Å². The number of carbonyl (C=O) groups is 2. The highest BCUT2D eigenvalue weighted by Gasteiger charge is 2.39. The van der Waals surface area contributed by atoms with E-state index in [0.29, 0.717) is 22.3 Å². The number of primary sulfonamides is 1. The quantitative estimate of drug-likeness (QED) is 0.301. The maximum Gasteiger partial charge on any atom is 0.262 e. The van der Waals surface area contributed by atoms with Crippen LogP contribution in [0.2, 0.25) is 5.02 Å². The van der Waals surface area contributed by atoms with Crippen molar-refractivity contribution in [1.82, 2.24) is 5.01 Å². The van der Waals surface area contributed by atoms with Crippen molar-refractivity contribution in [2.24, 2.45) is 15.2 Å². The van der Waals surface area contributed by atoms with E-state index in [-0.39, 0.29) is 17.4 Å². The maximum atomic E-state index is 12.9. The Bertz CT molecular complexity index is 1880. The van der Waals surface area contributed by atoms with E-state index in [1.54, 1.807) is 5.01 Å². The highest BCUT2D eigenvalue weighted by atomic mass is 35.5. The van der Waals surface area contributed by atoms with Crippen molar-refractivity contribution in [3.05, 3.63) is 107 Å². The van der Waals surface area contributed by atoms with Gasteiger partial charge in [-0.15, -0.1) is 0 Å². The normalized spacial score (nSPS) is 18.7. The lowest BCUT2D eigenvalue weighted by atomic mass is 9.97. The molecule has 0 spiro atoms. The van der Waals surface area contributed by atoms with Gasteiger partial charge in [0.05, 0.1) is 16.6 Å². The van der Waals surface area contributed by atoms with Crippen LogP contribution in [0.1, 0.15) is 30.0 Å². The van der Waals surface area contributed by atoms with Crippen LogP contribution < -0.4 is 10.5 Å². The minimum atomic E-state index is -3.84. The number of halogens is 1. The molecular formula is C30H24ClN5O4S2. The number of hydrogen-bond acceptors (Lipinski definition) is 7. The van der Waals surface area contributed by atoms with Gasteiger partial charge in [-0.3, -0.25) is 9.59 Å². The van der Waals surface area contributed by atoms with E-state index >= 15 is 0 Å². The minimum absolute atomic E-state index is 0.0652. The van der Waals surface area contributed by atoms with Crippen molar-refractivity contribution >= 4 is 72.5 Å². The van der Waals surface area contributed by atoms with Crippen LogP contribution in [0.5, 0.6) is 0 Å². The van der Waals surface area contributed by atoms with Gasteiger partial charge in [0.1, 0.15) is 5.25 Å². The zero-order chi connectivity index (χ0) is 29.4. The average molecular weight is 618 g/mol. The predicted molar refractivity (Wildman–Crippen MR) is 166 cm³/mol. The molecule has 2 aliphatic rings. The molecule has 0 aliphatic carbocycles. The lowest BCUT2D eigenvalue weighted by Gasteiger charge is -2.23. The number of anilines is 1. The van der Waals surface area contributed by atoms with Crippen LogP contribution in [0.25, 0.3) is 10.8 Å². The Morgan fingerprint density at radius 3 is 2.43 bits per heavy atom. The molecule has 0 saturated carbocycles. The lowest BCUT2D eigenvalue weighted by Crippen LogP contribution is -2.25. The predicted octanol–water partition coefficient (Wildman–Crippen LogP) is 5.32. The summed E-state index contributed by atoms with van der Waals surface area (Å²) in [5.41, 5.74) is 3.20. The Labute approximate surface area is 251 Å². The van der Waals surface area contributed by atoms with Gasteiger partial charge in [0.25, 0.3) is 5.91 Å². The van der Waals surface area contributed by atoms with Crippen LogP contribution in [0.4, 0.5) is 5.69 Å². The molecule has 4 aromatic carbocycles. The minimum Gasteiger partial charge on any atom is -0.326 e. The van der Waals surface area contributed by atoms with Crippen molar-refractivity contribution in [1.29, 1.82) is 0 Å². The molecule has 0 aromatic heterocycles. The van der Waals surface area contributed by atoms with E-state index in [1.807, 2.05) is 42.5 Å². The van der Waals surface area contributed by atoms with Crippen molar-refractivity contribution < 1.29 is 18.0 Å². The van der Waals surface area contributed by atoms with Crippen LogP contribution in [-0.2, 0) is 19.6 Å². The average Bonchev–Trinajstić information content (AvgIpc) is 3.57. The Morgan fingerprint density at radius 1 is 1.00 bits per heavy atom. The third-order valence-corrected chi connectivity index (χ3v) is 9.33. The zero-order valence-electron chi connectivity index (χ0n) is 22.0. The molecular weight excluding hydrogens is 594 g/mol. The molecule has 2 atom stereocenters. The number of benzene rings is 4. The zero-order valence-corrected chi connectivity index (χ0v) is 24.4. The molecule has 9 nitrogen and oxygen atoms in total. The standard InChI is InChI=1S/C30H24ClN5O4S2/c31-22-9-7-19(8-10-22)26-16-25(21-6-5-18-3-1-2-4-20(18)15-21)35-36(26)30-34-29(38)27(41-30)17-28(37)33-23-11-13-24(14-12-23)42(32,39)40/h1-15,26-27H,16-17H2,(H,33,37)(H2,32,39,40). The van der Waals surface area contributed by atoms with E-state index < -0.39 is 27.1 Å². The lowest BCUT2D eigenvalue weighted by molar-refractivity contribution is -0.121. The van der Waals surface area contributed by atoms with Gasteiger partial charge in [0.15, 0.2) is 5.17 Å². The number of amides is 2. The topological polar surface area (TPSA) is 134 Å². The fourth-order valence-corrected chi connectivity index (χ4v) is 6.59. The van der Waals surface area contributed by atoms with Gasteiger partial charge in [-0.1, -0.05) is 71.9 Å². The van der Waals surface area contributed by atoms with Gasteiger partial charge in [0, 0.05) is 23.6 Å². The number of nitrogens with zero attached hydrogens (tertiary/aromatic N) is 3. The molecule has 4 aromatic rings. The highest BCUT2D eigenvalue weighted by Crippen LogP contribution is 2.39. The van der Waals surface area contributed by atoms with Gasteiger partial charge in [-0.05, 0) is 64.4 Å². The smallest absolute Gasteiger partial charge is 0.262 e. The van der Waals surface area contributed by atoms with Crippen molar-refractivity contribution in [3.63, 3.8) is 0 Å². The summed E-state index contributed by atoms with van der Waals surface area (Å²) in [6.07, 6.45) is 0.474. The number of aliphatic imine (C=N–C) groups is 1. The molecule has 0 bridgehead atoms. The molecule has 2 aliphatic heterocycles. The number of fused-ring (bicyclic) bond motifs is 1. The van der Waals surface area contributed by atoms with Crippen LogP contribution in [0.3, 0.4) is 0 Å². The highest BCUT2D eigenvalue weighted by molar-refractivity contribution is 8.15. The first-order valence-electron chi connectivity index (χ1n) is 13.0. The number of carbonyl (C=O) groups excluding carboxylic acids is 2. The summed E-state index contributed by atoms with van der Waals surface area (Å²) in [5.74, 6) is -0.824. The molecule has 212 valence electrons. The van der Waals surface area contributed by atoms with Gasteiger partial charge in [-0.25, -0.2) is 18.6 Å². The first-order chi connectivity index (χ1) is 20.1.